The molecule has 3 N–H and O–H groups in total. The number of nitrogens with one attached hydrogen (secondary N) is 2. The van der Waals surface area contributed by atoms with Gasteiger partial charge in [-0.05, 0) is 63.8 Å². The van der Waals surface area contributed by atoms with Crippen molar-refractivity contribution in [2.24, 2.45) is 17.8 Å². The zero-order chi connectivity index (χ0) is 25.5. The van der Waals surface area contributed by atoms with Crippen molar-refractivity contribution in [1.29, 1.82) is 0 Å². The third kappa shape index (κ3) is 4.29. The number of ether oxygens (including phenoxy) is 2. The first-order valence-electron chi connectivity index (χ1n) is 12.6. The molecule has 192 valence electrons. The Bertz CT molecular complexity index is 964. The summed E-state index contributed by atoms with van der Waals surface area (Å²) in [6, 6.07) is 5.50. The smallest absolute Gasteiger partial charge is 0.246 e. The number of aliphatic hydroxyl groups excluding tert-OH is 1. The van der Waals surface area contributed by atoms with Gasteiger partial charge in [0.1, 0.15) is 17.4 Å². The summed E-state index contributed by atoms with van der Waals surface area (Å²) in [4.78, 5) is 42.4. The highest BCUT2D eigenvalue weighted by Crippen LogP contribution is 2.59. The maximum atomic E-state index is 13.9. The van der Waals surface area contributed by atoms with Crippen molar-refractivity contribution in [2.45, 2.75) is 77.3 Å². The van der Waals surface area contributed by atoms with E-state index in [1.165, 1.54) is 4.90 Å². The fourth-order valence-corrected chi connectivity index (χ4v) is 6.06. The van der Waals surface area contributed by atoms with Crippen molar-refractivity contribution in [3.63, 3.8) is 0 Å². The normalized spacial score (nSPS) is 30.1. The quantitative estimate of drug-likeness (QED) is 0.490. The molecule has 0 saturated carbocycles. The number of anilines is 1. The first-order valence-corrected chi connectivity index (χ1v) is 12.6. The number of likely N-dealkylation sites (tertiary alicyclic amines) is 1. The maximum Gasteiger partial charge on any atom is 0.246 e. The van der Waals surface area contributed by atoms with Gasteiger partial charge in [-0.1, -0.05) is 13.8 Å². The number of carbonyl (C=O) groups is 3. The number of hydrogen-bond acceptors (Lipinski definition) is 6. The molecule has 35 heavy (non-hydrogen) atoms. The van der Waals surface area contributed by atoms with Crippen molar-refractivity contribution in [3.05, 3.63) is 24.3 Å². The third-order valence-electron chi connectivity index (χ3n) is 7.47. The first-order chi connectivity index (χ1) is 16.6. The number of carbonyl (C=O) groups excluding carboxylic acids is 3. The van der Waals surface area contributed by atoms with Crippen molar-refractivity contribution in [3.8, 4) is 5.75 Å². The summed E-state index contributed by atoms with van der Waals surface area (Å²) in [5, 5.41) is 16.0. The van der Waals surface area contributed by atoms with Crippen LogP contribution in [0.1, 0.15) is 47.5 Å². The van der Waals surface area contributed by atoms with E-state index in [4.69, 9.17) is 9.47 Å². The molecule has 3 aliphatic rings. The largest absolute Gasteiger partial charge is 0.494 e. The Hall–Kier alpha value is -2.65. The highest BCUT2D eigenvalue weighted by atomic mass is 16.5. The number of hydrogen-bond donors (Lipinski definition) is 3. The van der Waals surface area contributed by atoms with E-state index < -0.39 is 35.6 Å². The van der Waals surface area contributed by atoms with Gasteiger partial charge in [-0.25, -0.2) is 0 Å². The molecule has 2 bridgehead atoms. The Morgan fingerprint density at radius 3 is 2.46 bits per heavy atom. The topological polar surface area (TPSA) is 117 Å². The molecule has 9 heteroatoms. The van der Waals surface area contributed by atoms with Gasteiger partial charge in [0.15, 0.2) is 0 Å². The van der Waals surface area contributed by atoms with Gasteiger partial charge in [-0.3, -0.25) is 14.4 Å². The van der Waals surface area contributed by atoms with Crippen LogP contribution in [0.3, 0.4) is 0 Å². The lowest BCUT2D eigenvalue weighted by atomic mass is 9.70. The molecular weight excluding hydrogens is 450 g/mol. The molecule has 3 amide bonds. The van der Waals surface area contributed by atoms with Crippen molar-refractivity contribution >= 4 is 23.4 Å². The molecule has 1 spiro atoms. The van der Waals surface area contributed by atoms with Crippen LogP contribution < -0.4 is 15.4 Å². The van der Waals surface area contributed by atoms with Crippen LogP contribution in [0, 0.1) is 17.8 Å². The van der Waals surface area contributed by atoms with E-state index in [9.17, 15) is 19.5 Å². The molecule has 3 saturated heterocycles. The van der Waals surface area contributed by atoms with Crippen molar-refractivity contribution in [1.82, 2.24) is 10.2 Å². The van der Waals surface area contributed by atoms with Gasteiger partial charge in [0, 0.05) is 11.7 Å². The number of benzene rings is 1. The van der Waals surface area contributed by atoms with Gasteiger partial charge < -0.3 is 30.1 Å². The molecule has 0 radical (unpaired) electrons. The molecule has 3 fully saturated rings. The molecule has 3 heterocycles. The monoisotopic (exact) mass is 487 g/mol. The van der Waals surface area contributed by atoms with Gasteiger partial charge in [-0.2, -0.15) is 0 Å². The number of rotatable bonds is 9. The highest BCUT2D eigenvalue weighted by Gasteiger charge is 2.75. The van der Waals surface area contributed by atoms with Crippen LogP contribution in [-0.2, 0) is 19.1 Å². The fraction of sp³-hybridized carbons (Fsp3) is 0.654. The third-order valence-corrected chi connectivity index (χ3v) is 7.47. The molecular formula is C26H37N3O6. The predicted octanol–water partition coefficient (Wildman–Crippen LogP) is 1.94. The average Bonchev–Trinajstić information content (AvgIpc) is 3.43. The van der Waals surface area contributed by atoms with Gasteiger partial charge in [0.2, 0.25) is 17.7 Å². The van der Waals surface area contributed by atoms with Crippen LogP contribution >= 0.6 is 0 Å². The molecule has 0 aromatic heterocycles. The molecule has 6 atom stereocenters. The van der Waals surface area contributed by atoms with Gasteiger partial charge in [-0.15, -0.1) is 0 Å². The number of aliphatic hydroxyl groups is 1. The Morgan fingerprint density at radius 1 is 1.20 bits per heavy atom. The summed E-state index contributed by atoms with van der Waals surface area (Å²) >= 11 is 0. The molecule has 4 rings (SSSR count). The van der Waals surface area contributed by atoms with E-state index in [-0.39, 0.29) is 36.3 Å². The molecule has 1 aromatic carbocycles. The van der Waals surface area contributed by atoms with Crippen LogP contribution in [0.25, 0.3) is 0 Å². The minimum absolute atomic E-state index is 0.0816. The first kappa shape index (κ1) is 25.4. The van der Waals surface area contributed by atoms with E-state index in [0.29, 0.717) is 30.9 Å². The standard InChI is InChI=1S/C26H37N3O6/c1-6-34-17-9-7-16(8-10-17)28-23(31)20-19-11-12-26(35-19)21(20)25(33)29(18(13-30)14(2)3)22(26)24(32)27-15(4)5/h7-10,14-15,18-22,30H,6,11-13H2,1-5H3,(H,27,32)(H,28,31)/t18-,19-,20+,21-,22?,26?/m0/s1. The SMILES string of the molecule is CCOc1ccc(NC(=O)[C@@H]2[C@@H]3CCC4(O3)C(C(=O)NC(C)C)N([C@@H](CO)C(C)C)C(=O)[C@H]24)cc1. The lowest BCUT2D eigenvalue weighted by molar-refractivity contribution is -0.146. The van der Waals surface area contributed by atoms with E-state index >= 15 is 0 Å². The highest BCUT2D eigenvalue weighted by molar-refractivity contribution is 6.02. The lowest BCUT2D eigenvalue weighted by Gasteiger charge is -2.38. The summed E-state index contributed by atoms with van der Waals surface area (Å²) in [5.41, 5.74) is -0.480. The second-order valence-corrected chi connectivity index (χ2v) is 10.4. The zero-order valence-corrected chi connectivity index (χ0v) is 21.1. The summed E-state index contributed by atoms with van der Waals surface area (Å²) in [7, 11) is 0. The molecule has 2 unspecified atom stereocenters. The number of amides is 3. The Morgan fingerprint density at radius 2 is 1.89 bits per heavy atom. The minimum Gasteiger partial charge on any atom is -0.494 e. The summed E-state index contributed by atoms with van der Waals surface area (Å²) in [5.74, 6) is -1.76. The van der Waals surface area contributed by atoms with Gasteiger partial charge in [0.25, 0.3) is 0 Å². The van der Waals surface area contributed by atoms with Gasteiger partial charge >= 0.3 is 0 Å². The lowest BCUT2D eigenvalue weighted by Crippen LogP contribution is -2.59. The van der Waals surface area contributed by atoms with E-state index in [1.807, 2.05) is 34.6 Å². The number of fused-ring (bicyclic) bond motifs is 1. The Kier molecular flexibility index (Phi) is 7.11. The minimum atomic E-state index is -1.08. The predicted molar refractivity (Wildman–Crippen MR) is 130 cm³/mol. The van der Waals surface area contributed by atoms with Crippen LogP contribution in [-0.4, -0.2) is 70.8 Å². The fourth-order valence-electron chi connectivity index (χ4n) is 6.06. The maximum absolute atomic E-state index is 13.9. The van der Waals surface area contributed by atoms with Crippen LogP contribution in [0.2, 0.25) is 0 Å². The van der Waals surface area contributed by atoms with E-state index in [0.717, 1.165) is 0 Å². The zero-order valence-electron chi connectivity index (χ0n) is 21.1. The van der Waals surface area contributed by atoms with E-state index in [2.05, 4.69) is 10.6 Å². The summed E-state index contributed by atoms with van der Waals surface area (Å²) in [6.07, 6.45) is 0.675. The van der Waals surface area contributed by atoms with Crippen LogP contribution in [0.5, 0.6) is 5.75 Å². The second kappa shape index (κ2) is 9.78. The Labute approximate surface area is 206 Å². The average molecular weight is 488 g/mol. The van der Waals surface area contributed by atoms with Crippen LogP contribution in [0.4, 0.5) is 5.69 Å². The molecule has 3 aliphatic heterocycles. The number of nitrogens with zero attached hydrogens (tertiary/aromatic N) is 1. The molecule has 0 aliphatic carbocycles. The second-order valence-electron chi connectivity index (χ2n) is 10.4. The summed E-state index contributed by atoms with van der Waals surface area (Å²) < 4.78 is 11.9. The van der Waals surface area contributed by atoms with Gasteiger partial charge in [0.05, 0.1) is 37.2 Å². The van der Waals surface area contributed by atoms with Crippen molar-refractivity contribution < 1.29 is 29.0 Å². The molecule has 9 nitrogen and oxygen atoms in total. The summed E-state index contributed by atoms with van der Waals surface area (Å²) in [6.45, 7) is 9.71. The van der Waals surface area contributed by atoms with Crippen molar-refractivity contribution in [2.75, 3.05) is 18.5 Å². The van der Waals surface area contributed by atoms with Crippen LogP contribution in [0.15, 0.2) is 24.3 Å². The Balaban J connectivity index is 1.66. The van der Waals surface area contributed by atoms with E-state index in [1.54, 1.807) is 24.3 Å². The molecule has 1 aromatic rings.